The topological polar surface area (TPSA) is 94.2 Å². The van der Waals surface area contributed by atoms with Gasteiger partial charge in [0, 0.05) is 50.4 Å². The molecule has 48 heavy (non-hydrogen) atoms. The summed E-state index contributed by atoms with van der Waals surface area (Å²) < 4.78 is 5.81. The molecule has 2 aliphatic heterocycles. The summed E-state index contributed by atoms with van der Waals surface area (Å²) in [7, 11) is 5.49. The summed E-state index contributed by atoms with van der Waals surface area (Å²) in [6.07, 6.45) is 6.04. The molecule has 0 aliphatic carbocycles. The maximum atomic E-state index is 14.5. The Morgan fingerprint density at radius 1 is 0.938 bits per heavy atom. The molecule has 2 aliphatic rings. The number of hydrogen-bond acceptors (Lipinski definition) is 7. The van der Waals surface area contributed by atoms with Gasteiger partial charge in [-0.1, -0.05) is 60.7 Å². The number of carbonyl (C=O) groups is 3. The number of rotatable bonds is 16. The van der Waals surface area contributed by atoms with Crippen LogP contribution in [0.2, 0.25) is 0 Å². The maximum Gasteiger partial charge on any atom is 0.249 e. The molecule has 258 valence electrons. The van der Waals surface area contributed by atoms with Crippen LogP contribution in [-0.2, 0) is 32.0 Å². The molecule has 2 fully saturated rings. The standard InChI is InChI=1S/C38H51N5O4S/c1-41-22-8-13-32(41)19-21-40-37(45)34(25-33-14-9-23-48-33)43(3)38(46)35(42(2)36(44)27-47-26-31-12-7-20-39-31)24-28-15-17-30(18-16-28)29-10-5-4-6-11-29/h4-6,9-11,14-18,23,31-32,34-35,39H,7-8,12-13,19-22,24-27H2,1-3H3,(H,40,45). The normalized spacial score (nSPS) is 19.1. The monoisotopic (exact) mass is 673 g/mol. The van der Waals surface area contributed by atoms with E-state index in [-0.39, 0.29) is 30.4 Å². The first-order chi connectivity index (χ1) is 23.3. The van der Waals surface area contributed by atoms with Gasteiger partial charge >= 0.3 is 0 Å². The van der Waals surface area contributed by atoms with Gasteiger partial charge in [0.15, 0.2) is 0 Å². The molecule has 1 aromatic heterocycles. The Kier molecular flexibility index (Phi) is 13.2. The Hall–Kier alpha value is -3.57. The number of nitrogens with zero attached hydrogens (tertiary/aromatic N) is 3. The lowest BCUT2D eigenvalue weighted by atomic mass is 9.98. The van der Waals surface area contributed by atoms with Crippen LogP contribution in [0, 0.1) is 0 Å². The lowest BCUT2D eigenvalue weighted by Gasteiger charge is -2.34. The first-order valence-electron chi connectivity index (χ1n) is 17.3. The van der Waals surface area contributed by atoms with Crippen molar-refractivity contribution < 1.29 is 19.1 Å². The number of nitrogens with one attached hydrogen (secondary N) is 2. The number of carbonyl (C=O) groups excluding carboxylic acids is 3. The molecule has 5 rings (SSSR count). The van der Waals surface area contributed by atoms with E-state index in [1.807, 2.05) is 60.0 Å². The Morgan fingerprint density at radius 2 is 1.71 bits per heavy atom. The average Bonchev–Trinajstić information content (AvgIpc) is 3.91. The lowest BCUT2D eigenvalue weighted by Crippen LogP contribution is -2.56. The highest BCUT2D eigenvalue weighted by atomic mass is 32.1. The molecule has 9 nitrogen and oxygen atoms in total. The third-order valence-electron chi connectivity index (χ3n) is 9.88. The molecule has 2 aromatic carbocycles. The van der Waals surface area contributed by atoms with Crippen molar-refractivity contribution in [2.75, 3.05) is 54.0 Å². The average molecular weight is 674 g/mol. The highest BCUT2D eigenvalue weighted by Gasteiger charge is 2.35. The zero-order chi connectivity index (χ0) is 33.9. The van der Waals surface area contributed by atoms with Crippen molar-refractivity contribution in [1.29, 1.82) is 0 Å². The summed E-state index contributed by atoms with van der Waals surface area (Å²) in [4.78, 5) is 48.2. The largest absolute Gasteiger partial charge is 0.370 e. The van der Waals surface area contributed by atoms with Crippen molar-refractivity contribution in [3.8, 4) is 11.1 Å². The number of hydrogen-bond donors (Lipinski definition) is 2. The zero-order valence-corrected chi connectivity index (χ0v) is 29.4. The molecule has 0 radical (unpaired) electrons. The number of likely N-dealkylation sites (tertiary alicyclic amines) is 1. The van der Waals surface area contributed by atoms with Crippen molar-refractivity contribution in [3.63, 3.8) is 0 Å². The fourth-order valence-electron chi connectivity index (χ4n) is 6.78. The van der Waals surface area contributed by atoms with E-state index < -0.39 is 12.1 Å². The molecule has 0 saturated carbocycles. The van der Waals surface area contributed by atoms with Crippen LogP contribution in [0.1, 0.15) is 42.5 Å². The van der Waals surface area contributed by atoms with E-state index in [9.17, 15) is 14.4 Å². The minimum absolute atomic E-state index is 0.107. The Morgan fingerprint density at radius 3 is 2.38 bits per heavy atom. The highest BCUT2D eigenvalue weighted by Crippen LogP contribution is 2.22. The van der Waals surface area contributed by atoms with Gasteiger partial charge in [-0.15, -0.1) is 11.3 Å². The van der Waals surface area contributed by atoms with Gasteiger partial charge in [-0.2, -0.15) is 0 Å². The van der Waals surface area contributed by atoms with Crippen LogP contribution in [0.3, 0.4) is 0 Å². The van der Waals surface area contributed by atoms with E-state index in [1.165, 1.54) is 11.3 Å². The van der Waals surface area contributed by atoms with Gasteiger partial charge in [0.1, 0.15) is 18.7 Å². The van der Waals surface area contributed by atoms with E-state index in [1.54, 1.807) is 30.3 Å². The Labute approximate surface area is 289 Å². The summed E-state index contributed by atoms with van der Waals surface area (Å²) in [6.45, 7) is 2.95. The SMILES string of the molecule is CN1CCCC1CCNC(=O)C(Cc1cccs1)N(C)C(=O)C(Cc1ccc(-c2ccccc2)cc1)N(C)C(=O)COCC1CCCN1. The molecule has 4 unspecified atom stereocenters. The molecule has 4 atom stereocenters. The second kappa shape index (κ2) is 17.7. The number of benzene rings is 2. The zero-order valence-electron chi connectivity index (χ0n) is 28.6. The molecule has 2 saturated heterocycles. The molecular formula is C38H51N5O4S. The van der Waals surface area contributed by atoms with Crippen molar-refractivity contribution in [1.82, 2.24) is 25.3 Å². The quantitative estimate of drug-likeness (QED) is 0.237. The minimum atomic E-state index is -0.816. The van der Waals surface area contributed by atoms with Crippen LogP contribution in [0.5, 0.6) is 0 Å². The number of thiophene rings is 1. The third kappa shape index (κ3) is 9.75. The summed E-state index contributed by atoms with van der Waals surface area (Å²) in [5.41, 5.74) is 3.12. The van der Waals surface area contributed by atoms with Gasteiger partial charge in [0.05, 0.1) is 6.61 Å². The van der Waals surface area contributed by atoms with Crippen molar-refractivity contribution in [2.45, 2.75) is 69.1 Å². The first-order valence-corrected chi connectivity index (χ1v) is 18.2. The van der Waals surface area contributed by atoms with Crippen LogP contribution in [-0.4, -0.2) is 111 Å². The van der Waals surface area contributed by atoms with Crippen molar-refractivity contribution in [2.24, 2.45) is 0 Å². The molecular weight excluding hydrogens is 623 g/mol. The lowest BCUT2D eigenvalue weighted by molar-refractivity contribution is -0.149. The van der Waals surface area contributed by atoms with E-state index >= 15 is 0 Å². The predicted octanol–water partition coefficient (Wildman–Crippen LogP) is 4.22. The first kappa shape index (κ1) is 35.7. The minimum Gasteiger partial charge on any atom is -0.370 e. The van der Waals surface area contributed by atoms with E-state index in [0.717, 1.165) is 60.3 Å². The fourth-order valence-corrected chi connectivity index (χ4v) is 7.52. The molecule has 3 aromatic rings. The number of likely N-dealkylation sites (N-methyl/N-ethyl adjacent to an activating group) is 2. The van der Waals surface area contributed by atoms with E-state index in [2.05, 4.69) is 34.7 Å². The fraction of sp³-hybridized carbons (Fsp3) is 0.500. The van der Waals surface area contributed by atoms with E-state index in [0.29, 0.717) is 32.0 Å². The molecule has 10 heteroatoms. The van der Waals surface area contributed by atoms with Crippen molar-refractivity contribution >= 4 is 29.1 Å². The molecule has 3 heterocycles. The highest BCUT2D eigenvalue weighted by molar-refractivity contribution is 7.09. The van der Waals surface area contributed by atoms with Gasteiger partial charge in [-0.25, -0.2) is 0 Å². The molecule has 0 spiro atoms. The summed E-state index contributed by atoms with van der Waals surface area (Å²) >= 11 is 1.57. The van der Waals surface area contributed by atoms with Crippen LogP contribution in [0.4, 0.5) is 0 Å². The smallest absolute Gasteiger partial charge is 0.249 e. The predicted molar refractivity (Wildman–Crippen MR) is 192 cm³/mol. The van der Waals surface area contributed by atoms with Gasteiger partial charge in [-0.05, 0) is 80.4 Å². The summed E-state index contributed by atoms with van der Waals surface area (Å²) in [5.74, 6) is -0.712. The van der Waals surface area contributed by atoms with Crippen LogP contribution >= 0.6 is 11.3 Å². The molecule has 2 N–H and O–H groups in total. The second-order valence-corrected chi connectivity index (χ2v) is 14.2. The van der Waals surface area contributed by atoms with Gasteiger partial charge < -0.3 is 30.1 Å². The van der Waals surface area contributed by atoms with E-state index in [4.69, 9.17) is 4.74 Å². The molecule has 0 bridgehead atoms. The Bertz CT molecular complexity index is 1450. The van der Waals surface area contributed by atoms with Gasteiger partial charge in [0.2, 0.25) is 17.7 Å². The maximum absolute atomic E-state index is 14.5. The van der Waals surface area contributed by atoms with Gasteiger partial charge in [0.25, 0.3) is 0 Å². The summed E-state index contributed by atoms with van der Waals surface area (Å²) in [5, 5.41) is 8.51. The third-order valence-corrected chi connectivity index (χ3v) is 10.8. The van der Waals surface area contributed by atoms with Crippen LogP contribution < -0.4 is 10.6 Å². The number of ether oxygens (including phenoxy) is 1. The summed E-state index contributed by atoms with van der Waals surface area (Å²) in [6, 6.07) is 21.4. The number of amides is 3. The van der Waals surface area contributed by atoms with Crippen LogP contribution in [0.25, 0.3) is 11.1 Å². The van der Waals surface area contributed by atoms with Crippen LogP contribution in [0.15, 0.2) is 72.1 Å². The van der Waals surface area contributed by atoms with Crippen molar-refractivity contribution in [3.05, 3.63) is 82.6 Å². The Balaban J connectivity index is 1.32. The molecule has 3 amide bonds. The second-order valence-electron chi connectivity index (χ2n) is 13.2. The van der Waals surface area contributed by atoms with Gasteiger partial charge in [-0.3, -0.25) is 14.4 Å².